The molecular formula is C8H19N. The molecule has 9 heavy (non-hydrogen) atoms. The zero-order valence-corrected chi connectivity index (χ0v) is 6.69. The molecule has 0 amide bonds. The molecule has 0 heterocycles. The van der Waals surface area contributed by atoms with Crippen molar-refractivity contribution in [1.82, 2.24) is 0 Å². The van der Waals surface area contributed by atoms with Gasteiger partial charge in [0, 0.05) is 0 Å². The third-order valence-electron chi connectivity index (χ3n) is 1.68. The summed E-state index contributed by atoms with van der Waals surface area (Å²) in [6.45, 7) is 5.40. The van der Waals surface area contributed by atoms with Crippen molar-refractivity contribution in [2.75, 3.05) is 6.54 Å². The number of nitrogens with two attached hydrogens (primary N) is 1. The minimum absolute atomic E-state index is 0.855. The summed E-state index contributed by atoms with van der Waals surface area (Å²) in [7, 11) is 0. The summed E-state index contributed by atoms with van der Waals surface area (Å²) in [5, 5.41) is 0. The predicted molar refractivity (Wildman–Crippen MR) is 42.4 cm³/mol. The molecule has 0 aliphatic carbocycles. The molecule has 0 saturated carbocycles. The Morgan fingerprint density at radius 1 is 1.33 bits per heavy atom. The zero-order chi connectivity index (χ0) is 7.11. The van der Waals surface area contributed by atoms with E-state index in [-0.39, 0.29) is 0 Å². The molecule has 2 N–H and O–H groups in total. The molecule has 0 radical (unpaired) electrons. The maximum absolute atomic E-state index is 5.37. The SMILES string of the molecule is CCCC(C)CCCN. The van der Waals surface area contributed by atoms with Gasteiger partial charge in [0.25, 0.3) is 0 Å². The smallest absolute Gasteiger partial charge is 0.00772 e. The van der Waals surface area contributed by atoms with Gasteiger partial charge in [0.2, 0.25) is 0 Å². The van der Waals surface area contributed by atoms with Gasteiger partial charge in [0.05, 0.1) is 0 Å². The summed E-state index contributed by atoms with van der Waals surface area (Å²) < 4.78 is 0. The zero-order valence-electron chi connectivity index (χ0n) is 6.69. The van der Waals surface area contributed by atoms with Crippen molar-refractivity contribution < 1.29 is 0 Å². The van der Waals surface area contributed by atoms with Gasteiger partial charge in [-0.3, -0.25) is 0 Å². The molecule has 1 heteroatoms. The lowest BCUT2D eigenvalue weighted by Gasteiger charge is -2.06. The standard InChI is InChI=1S/C8H19N/c1-3-5-8(2)6-4-7-9/h8H,3-7,9H2,1-2H3. The van der Waals surface area contributed by atoms with Crippen LogP contribution in [0.2, 0.25) is 0 Å². The fraction of sp³-hybridized carbons (Fsp3) is 1.00. The van der Waals surface area contributed by atoms with Crippen LogP contribution >= 0.6 is 0 Å². The Morgan fingerprint density at radius 3 is 2.44 bits per heavy atom. The highest BCUT2D eigenvalue weighted by Crippen LogP contribution is 2.10. The highest BCUT2D eigenvalue weighted by atomic mass is 14.5. The van der Waals surface area contributed by atoms with Crippen LogP contribution < -0.4 is 5.73 Å². The van der Waals surface area contributed by atoms with Crippen molar-refractivity contribution >= 4 is 0 Å². The average Bonchev–Trinajstić information content (AvgIpc) is 1.85. The van der Waals surface area contributed by atoms with Gasteiger partial charge in [-0.05, 0) is 25.3 Å². The first-order chi connectivity index (χ1) is 4.31. The monoisotopic (exact) mass is 129 g/mol. The minimum Gasteiger partial charge on any atom is -0.330 e. The lowest BCUT2D eigenvalue weighted by Crippen LogP contribution is -2.02. The van der Waals surface area contributed by atoms with Crippen LogP contribution in [0.4, 0.5) is 0 Å². The second kappa shape index (κ2) is 6.09. The van der Waals surface area contributed by atoms with Crippen LogP contribution in [0, 0.1) is 5.92 Å². The van der Waals surface area contributed by atoms with Crippen LogP contribution in [0.3, 0.4) is 0 Å². The molecule has 0 aromatic heterocycles. The van der Waals surface area contributed by atoms with Gasteiger partial charge < -0.3 is 5.73 Å². The van der Waals surface area contributed by atoms with Crippen molar-refractivity contribution in [2.45, 2.75) is 39.5 Å². The van der Waals surface area contributed by atoms with Gasteiger partial charge in [-0.1, -0.05) is 26.7 Å². The van der Waals surface area contributed by atoms with E-state index in [0.29, 0.717) is 0 Å². The molecule has 1 atom stereocenters. The largest absolute Gasteiger partial charge is 0.330 e. The molecule has 0 aromatic carbocycles. The van der Waals surface area contributed by atoms with E-state index in [0.717, 1.165) is 12.5 Å². The van der Waals surface area contributed by atoms with Crippen LogP contribution in [0.15, 0.2) is 0 Å². The Bertz CT molecular complexity index is 52.5. The minimum atomic E-state index is 0.855. The second-order valence-corrected chi connectivity index (χ2v) is 2.82. The molecule has 0 spiro atoms. The molecule has 0 aliphatic rings. The first kappa shape index (κ1) is 8.96. The van der Waals surface area contributed by atoms with Crippen LogP contribution in [-0.4, -0.2) is 6.54 Å². The molecule has 56 valence electrons. The van der Waals surface area contributed by atoms with E-state index in [1.807, 2.05) is 0 Å². The number of hydrogen-bond acceptors (Lipinski definition) is 1. The maximum Gasteiger partial charge on any atom is -0.00772 e. The molecule has 1 unspecified atom stereocenters. The van der Waals surface area contributed by atoms with Gasteiger partial charge in [-0.2, -0.15) is 0 Å². The van der Waals surface area contributed by atoms with E-state index in [9.17, 15) is 0 Å². The van der Waals surface area contributed by atoms with E-state index in [4.69, 9.17) is 5.73 Å². The quantitative estimate of drug-likeness (QED) is 0.605. The summed E-state index contributed by atoms with van der Waals surface area (Å²) in [5.41, 5.74) is 5.37. The van der Waals surface area contributed by atoms with Crippen LogP contribution in [0.25, 0.3) is 0 Å². The molecule has 0 aliphatic heterocycles. The van der Waals surface area contributed by atoms with E-state index in [1.165, 1.54) is 25.7 Å². The second-order valence-electron chi connectivity index (χ2n) is 2.82. The first-order valence-electron chi connectivity index (χ1n) is 4.01. The fourth-order valence-electron chi connectivity index (χ4n) is 1.10. The van der Waals surface area contributed by atoms with Crippen LogP contribution in [-0.2, 0) is 0 Å². The molecule has 0 fully saturated rings. The normalized spacial score (nSPS) is 13.7. The van der Waals surface area contributed by atoms with Gasteiger partial charge in [-0.25, -0.2) is 0 Å². The molecule has 1 nitrogen and oxygen atoms in total. The third kappa shape index (κ3) is 5.84. The summed E-state index contributed by atoms with van der Waals surface area (Å²) in [6.07, 6.45) is 5.18. The number of hydrogen-bond donors (Lipinski definition) is 1. The Kier molecular flexibility index (Phi) is 6.06. The van der Waals surface area contributed by atoms with Crippen LogP contribution in [0.5, 0.6) is 0 Å². The third-order valence-corrected chi connectivity index (χ3v) is 1.68. The average molecular weight is 129 g/mol. The maximum atomic E-state index is 5.37. The molecule has 0 saturated heterocycles. The molecular weight excluding hydrogens is 110 g/mol. The Hall–Kier alpha value is -0.0400. The van der Waals surface area contributed by atoms with Crippen molar-refractivity contribution in [3.05, 3.63) is 0 Å². The molecule has 0 rings (SSSR count). The highest BCUT2D eigenvalue weighted by Gasteiger charge is 1.97. The van der Waals surface area contributed by atoms with Crippen molar-refractivity contribution in [3.8, 4) is 0 Å². The lowest BCUT2D eigenvalue weighted by molar-refractivity contribution is 0.473. The topological polar surface area (TPSA) is 26.0 Å². The first-order valence-corrected chi connectivity index (χ1v) is 4.01. The fourth-order valence-corrected chi connectivity index (χ4v) is 1.10. The summed E-state index contributed by atoms with van der Waals surface area (Å²) in [6, 6.07) is 0. The number of rotatable bonds is 5. The highest BCUT2D eigenvalue weighted by molar-refractivity contribution is 4.51. The Labute approximate surface area is 58.6 Å². The van der Waals surface area contributed by atoms with Crippen molar-refractivity contribution in [3.63, 3.8) is 0 Å². The van der Waals surface area contributed by atoms with Gasteiger partial charge in [0.15, 0.2) is 0 Å². The van der Waals surface area contributed by atoms with Gasteiger partial charge in [-0.15, -0.1) is 0 Å². The van der Waals surface area contributed by atoms with E-state index in [2.05, 4.69) is 13.8 Å². The lowest BCUT2D eigenvalue weighted by atomic mass is 10.0. The van der Waals surface area contributed by atoms with E-state index < -0.39 is 0 Å². The van der Waals surface area contributed by atoms with Crippen molar-refractivity contribution in [1.29, 1.82) is 0 Å². The van der Waals surface area contributed by atoms with Crippen molar-refractivity contribution in [2.24, 2.45) is 11.7 Å². The van der Waals surface area contributed by atoms with E-state index in [1.54, 1.807) is 0 Å². The van der Waals surface area contributed by atoms with Gasteiger partial charge in [0.1, 0.15) is 0 Å². The summed E-state index contributed by atoms with van der Waals surface area (Å²) in [4.78, 5) is 0. The van der Waals surface area contributed by atoms with Crippen LogP contribution in [0.1, 0.15) is 39.5 Å². The summed E-state index contributed by atoms with van der Waals surface area (Å²) >= 11 is 0. The van der Waals surface area contributed by atoms with E-state index >= 15 is 0 Å². The summed E-state index contributed by atoms with van der Waals surface area (Å²) in [5.74, 6) is 0.888. The predicted octanol–water partition coefficient (Wildman–Crippen LogP) is 2.16. The molecule has 0 bridgehead atoms. The molecule has 0 aromatic rings. The Morgan fingerprint density at radius 2 is 2.00 bits per heavy atom. The van der Waals surface area contributed by atoms with Gasteiger partial charge >= 0.3 is 0 Å². The Balaban J connectivity index is 2.95.